The Kier molecular flexibility index (Phi) is 14.7. The van der Waals surface area contributed by atoms with Crippen LogP contribution < -0.4 is 4.13 Å². The number of carbonyl (C=O) groups is 1. The maximum absolute atomic E-state index is 14.2. The van der Waals surface area contributed by atoms with Gasteiger partial charge in [0.1, 0.15) is 5.25 Å². The number of rotatable bonds is 19. The van der Waals surface area contributed by atoms with Gasteiger partial charge in [-0.05, 0) is 31.3 Å². The van der Waals surface area contributed by atoms with Crippen LogP contribution in [0.2, 0.25) is 0 Å². The van der Waals surface area contributed by atoms with Gasteiger partial charge >= 0.3 is 21.5 Å². The molecular formula is C18H27F10NO6S4. The number of esters is 1. The first-order valence-corrected chi connectivity index (χ1v) is 16.1. The van der Waals surface area contributed by atoms with Crippen LogP contribution in [0.15, 0.2) is 0 Å². The fourth-order valence-corrected chi connectivity index (χ4v) is 7.49. The number of halogens is 10. The molecule has 0 aromatic rings. The van der Waals surface area contributed by atoms with Crippen molar-refractivity contribution in [1.82, 2.24) is 4.13 Å². The SMILES string of the molecule is CC(F)(F)CC(F)(F)C(SCCCSCCC(=O)OCCCS(=O)(=O)NS(=O)(=O)C(F)(F)F)C(F)C(C)(F)F. The van der Waals surface area contributed by atoms with E-state index >= 15 is 0 Å². The second-order valence-corrected chi connectivity index (χ2v) is 14.5. The van der Waals surface area contributed by atoms with E-state index in [0.29, 0.717) is 4.13 Å². The summed E-state index contributed by atoms with van der Waals surface area (Å²) in [7, 11) is -11.0. The summed E-state index contributed by atoms with van der Waals surface area (Å²) in [5.41, 5.74) is -5.84. The van der Waals surface area contributed by atoms with Gasteiger partial charge in [0.25, 0.3) is 17.8 Å². The molecule has 39 heavy (non-hydrogen) atoms. The van der Waals surface area contributed by atoms with Crippen molar-refractivity contribution in [1.29, 1.82) is 0 Å². The van der Waals surface area contributed by atoms with Gasteiger partial charge in [0.2, 0.25) is 10.0 Å². The van der Waals surface area contributed by atoms with E-state index in [1.54, 1.807) is 0 Å². The molecule has 0 fully saturated rings. The fraction of sp³-hybridized carbons (Fsp3) is 0.944. The van der Waals surface area contributed by atoms with E-state index < -0.39 is 85.9 Å². The molecule has 0 heterocycles. The van der Waals surface area contributed by atoms with Crippen molar-refractivity contribution >= 4 is 49.5 Å². The molecule has 1 N–H and O–H groups in total. The van der Waals surface area contributed by atoms with E-state index in [0.717, 1.165) is 11.8 Å². The lowest BCUT2D eigenvalue weighted by molar-refractivity contribution is -0.143. The number of hydrogen-bond acceptors (Lipinski definition) is 8. The second-order valence-electron chi connectivity index (χ2n) is 8.30. The van der Waals surface area contributed by atoms with E-state index in [1.165, 1.54) is 0 Å². The molecule has 0 aliphatic heterocycles. The zero-order valence-corrected chi connectivity index (χ0v) is 23.6. The van der Waals surface area contributed by atoms with Gasteiger partial charge in [-0.2, -0.15) is 24.9 Å². The van der Waals surface area contributed by atoms with Crippen molar-refractivity contribution in [3.8, 4) is 0 Å². The van der Waals surface area contributed by atoms with E-state index in [1.807, 2.05) is 0 Å². The van der Waals surface area contributed by atoms with Crippen LogP contribution in [0, 0.1) is 0 Å². The number of nitrogens with one attached hydrogen (secondary N) is 1. The third-order valence-electron chi connectivity index (χ3n) is 4.26. The molecule has 0 amide bonds. The van der Waals surface area contributed by atoms with Crippen LogP contribution in [-0.4, -0.2) is 87.1 Å². The van der Waals surface area contributed by atoms with Gasteiger partial charge in [0.05, 0.1) is 25.2 Å². The minimum absolute atomic E-state index is 0.0627. The normalized spacial score (nSPS) is 15.7. The zero-order valence-electron chi connectivity index (χ0n) is 20.4. The third kappa shape index (κ3) is 15.8. The lowest BCUT2D eigenvalue weighted by Gasteiger charge is -2.32. The van der Waals surface area contributed by atoms with Gasteiger partial charge in [-0.3, -0.25) is 4.79 Å². The average Bonchev–Trinajstić information content (AvgIpc) is 2.68. The minimum atomic E-state index is -6.13. The Morgan fingerprint density at radius 1 is 0.897 bits per heavy atom. The molecule has 2 unspecified atom stereocenters. The van der Waals surface area contributed by atoms with Gasteiger partial charge in [0, 0.05) is 12.7 Å². The van der Waals surface area contributed by atoms with Crippen molar-refractivity contribution in [2.24, 2.45) is 0 Å². The topological polar surface area (TPSA) is 107 Å². The first-order valence-electron chi connectivity index (χ1n) is 10.8. The first kappa shape index (κ1) is 38.3. The highest BCUT2D eigenvalue weighted by Crippen LogP contribution is 2.44. The average molecular weight is 672 g/mol. The molecule has 0 spiro atoms. The molecule has 0 saturated heterocycles. The van der Waals surface area contributed by atoms with Crippen LogP contribution in [0.25, 0.3) is 0 Å². The maximum atomic E-state index is 14.2. The molecular weight excluding hydrogens is 644 g/mol. The summed E-state index contributed by atoms with van der Waals surface area (Å²) in [4.78, 5) is 11.6. The number of thioether (sulfide) groups is 2. The summed E-state index contributed by atoms with van der Waals surface area (Å²) in [5, 5.41) is -2.73. The van der Waals surface area contributed by atoms with Gasteiger partial charge in [-0.25, -0.2) is 47.6 Å². The molecule has 0 radical (unpaired) electrons. The zero-order chi connectivity index (χ0) is 30.9. The number of carbonyl (C=O) groups excluding carboxylic acids is 1. The van der Waals surface area contributed by atoms with Gasteiger partial charge in [0.15, 0.2) is 6.17 Å². The number of alkyl halides is 10. The van der Waals surface area contributed by atoms with Crippen LogP contribution in [0.4, 0.5) is 43.9 Å². The smallest absolute Gasteiger partial charge is 0.466 e. The molecule has 0 aromatic heterocycles. The second kappa shape index (κ2) is 15.0. The standard InChI is InChI=1S/C18H27F10NO6S4/c1-15(20,21)11-17(24,25)14(13(19)16(2,22)23)37-8-4-7-36-9-5-12(30)35-6-3-10-38(31,32)29-39(33,34)18(26,27)28/h13-14,29H,3-11H2,1-2H3. The predicted molar refractivity (Wildman–Crippen MR) is 126 cm³/mol. The Labute approximate surface area is 227 Å². The van der Waals surface area contributed by atoms with Crippen molar-refractivity contribution < 1.29 is 70.3 Å². The lowest BCUT2D eigenvalue weighted by Crippen LogP contribution is -2.48. The summed E-state index contributed by atoms with van der Waals surface area (Å²) in [6.07, 6.45) is -6.21. The van der Waals surface area contributed by atoms with Crippen LogP contribution in [0.1, 0.15) is 39.5 Å². The van der Waals surface area contributed by atoms with E-state index in [9.17, 15) is 65.5 Å². The first-order chi connectivity index (χ1) is 17.3. The fourth-order valence-electron chi connectivity index (χ4n) is 2.59. The molecule has 0 aliphatic carbocycles. The van der Waals surface area contributed by atoms with Crippen LogP contribution >= 0.6 is 23.5 Å². The monoisotopic (exact) mass is 671 g/mol. The lowest BCUT2D eigenvalue weighted by atomic mass is 10.0. The summed E-state index contributed by atoms with van der Waals surface area (Å²) < 4.78 is 181. The molecule has 0 saturated carbocycles. The summed E-state index contributed by atoms with van der Waals surface area (Å²) in [6, 6.07) is 0. The Balaban J connectivity index is 4.40. The Morgan fingerprint density at radius 2 is 1.46 bits per heavy atom. The Morgan fingerprint density at radius 3 is 1.95 bits per heavy atom. The number of ether oxygens (including phenoxy) is 1. The van der Waals surface area contributed by atoms with Crippen molar-refractivity contribution in [3.05, 3.63) is 0 Å². The van der Waals surface area contributed by atoms with Crippen LogP contribution in [0.5, 0.6) is 0 Å². The molecule has 234 valence electrons. The summed E-state index contributed by atoms with van der Waals surface area (Å²) >= 11 is 1.17. The van der Waals surface area contributed by atoms with Crippen LogP contribution in [-0.2, 0) is 29.6 Å². The Hall–Kier alpha value is -0.670. The molecule has 21 heteroatoms. The van der Waals surface area contributed by atoms with E-state index in [4.69, 9.17) is 0 Å². The van der Waals surface area contributed by atoms with Crippen molar-refractivity contribution in [3.63, 3.8) is 0 Å². The van der Waals surface area contributed by atoms with E-state index in [2.05, 4.69) is 4.74 Å². The largest absolute Gasteiger partial charge is 0.512 e. The van der Waals surface area contributed by atoms with Gasteiger partial charge in [-0.1, -0.05) is 0 Å². The van der Waals surface area contributed by atoms with Crippen molar-refractivity contribution in [2.75, 3.05) is 29.6 Å². The molecule has 2 atom stereocenters. The minimum Gasteiger partial charge on any atom is -0.466 e. The number of hydrogen-bond donors (Lipinski definition) is 1. The molecule has 0 bridgehead atoms. The van der Waals surface area contributed by atoms with E-state index in [-0.39, 0.29) is 55.7 Å². The number of sulfonamides is 2. The summed E-state index contributed by atoms with van der Waals surface area (Å²) in [6.45, 7) is -0.341. The quantitative estimate of drug-likeness (QED) is 0.117. The third-order valence-corrected chi connectivity index (χ3v) is 10.1. The predicted octanol–water partition coefficient (Wildman–Crippen LogP) is 4.98. The molecule has 0 rings (SSSR count). The van der Waals surface area contributed by atoms with Gasteiger partial charge in [-0.15, -0.1) is 15.9 Å². The molecule has 0 aromatic carbocycles. The van der Waals surface area contributed by atoms with Gasteiger partial charge < -0.3 is 4.74 Å². The molecule has 0 aliphatic rings. The summed E-state index contributed by atoms with van der Waals surface area (Å²) in [5.74, 6) is -14.5. The highest BCUT2D eigenvalue weighted by Gasteiger charge is 2.55. The van der Waals surface area contributed by atoms with Crippen LogP contribution in [0.3, 0.4) is 0 Å². The maximum Gasteiger partial charge on any atom is 0.512 e. The highest BCUT2D eigenvalue weighted by molar-refractivity contribution is 8.05. The van der Waals surface area contributed by atoms with Crippen molar-refractivity contribution in [2.45, 2.75) is 74.2 Å². The Bertz CT molecular complexity index is 982. The highest BCUT2D eigenvalue weighted by atomic mass is 32.3. The molecule has 7 nitrogen and oxygen atoms in total.